The van der Waals surface area contributed by atoms with Gasteiger partial charge in [0.1, 0.15) is 0 Å². The van der Waals surface area contributed by atoms with E-state index in [1.165, 1.54) is 0 Å². The molecule has 0 spiro atoms. The molecule has 1 aliphatic rings. The van der Waals surface area contributed by atoms with Crippen LogP contribution in [0.15, 0.2) is 18.6 Å². The summed E-state index contributed by atoms with van der Waals surface area (Å²) in [6, 6.07) is 0. The van der Waals surface area contributed by atoms with E-state index in [1.54, 1.807) is 19.3 Å². The van der Waals surface area contributed by atoms with Gasteiger partial charge in [0.2, 0.25) is 5.91 Å². The molecule has 6 heteroatoms. The quantitative estimate of drug-likeness (QED) is 0.914. The van der Waals surface area contributed by atoms with Crippen molar-refractivity contribution in [3.8, 4) is 11.3 Å². The maximum absolute atomic E-state index is 11.6. The fourth-order valence-corrected chi connectivity index (χ4v) is 2.82. The van der Waals surface area contributed by atoms with Gasteiger partial charge in [-0.15, -0.1) is 0 Å². The first-order valence-corrected chi connectivity index (χ1v) is 7.23. The lowest BCUT2D eigenvalue weighted by Gasteiger charge is -2.31. The number of hydrogen-bond acceptors (Lipinski definition) is 4. The number of hydrogen-bond donors (Lipinski definition) is 1. The highest BCUT2D eigenvalue weighted by Gasteiger charge is 2.24. The molecule has 1 N–H and O–H groups in total. The van der Waals surface area contributed by atoms with Gasteiger partial charge in [-0.2, -0.15) is 5.10 Å². The van der Waals surface area contributed by atoms with Crippen molar-refractivity contribution in [2.75, 3.05) is 13.1 Å². The summed E-state index contributed by atoms with van der Waals surface area (Å²) in [6.45, 7) is 5.17. The second-order valence-corrected chi connectivity index (χ2v) is 5.54. The van der Waals surface area contributed by atoms with E-state index in [4.69, 9.17) is 4.98 Å². The Morgan fingerprint density at radius 1 is 1.38 bits per heavy atom. The van der Waals surface area contributed by atoms with Gasteiger partial charge in [-0.05, 0) is 19.8 Å². The van der Waals surface area contributed by atoms with E-state index in [0.717, 1.165) is 48.6 Å². The normalized spacial score (nSPS) is 18.8. The van der Waals surface area contributed by atoms with Crippen molar-refractivity contribution in [2.24, 2.45) is 0 Å². The molecule has 1 atom stereocenters. The highest BCUT2D eigenvalue weighted by Crippen LogP contribution is 2.27. The molecule has 3 rings (SSSR count). The van der Waals surface area contributed by atoms with Crippen molar-refractivity contribution in [3.05, 3.63) is 30.0 Å². The van der Waals surface area contributed by atoms with E-state index in [-0.39, 0.29) is 11.8 Å². The SMILES string of the molecule is CC(=O)N1CCCC(c2cncc(-c3cn[nH]c3C)n2)C1. The molecule has 2 aromatic rings. The predicted octanol–water partition coefficient (Wildman–Crippen LogP) is 1.90. The van der Waals surface area contributed by atoms with Crippen LogP contribution < -0.4 is 0 Å². The fraction of sp³-hybridized carbons (Fsp3) is 0.467. The summed E-state index contributed by atoms with van der Waals surface area (Å²) in [4.78, 5) is 22.5. The van der Waals surface area contributed by atoms with Gasteiger partial charge in [-0.1, -0.05) is 0 Å². The molecule has 2 aromatic heterocycles. The van der Waals surface area contributed by atoms with E-state index >= 15 is 0 Å². The van der Waals surface area contributed by atoms with Crippen LogP contribution >= 0.6 is 0 Å². The van der Waals surface area contributed by atoms with Crippen LogP contribution in [0.1, 0.15) is 37.1 Å². The summed E-state index contributed by atoms with van der Waals surface area (Å²) in [5.41, 5.74) is 3.75. The smallest absolute Gasteiger partial charge is 0.219 e. The summed E-state index contributed by atoms with van der Waals surface area (Å²) in [6.07, 6.45) is 7.40. The standard InChI is InChI=1S/C15H19N5O/c1-10-13(6-17-19-10)15-8-16-7-14(18-15)12-4-3-5-20(9-12)11(2)21/h6-8,12H,3-5,9H2,1-2H3,(H,17,19). The Bertz CT molecular complexity index is 651. The van der Waals surface area contributed by atoms with Crippen molar-refractivity contribution in [1.29, 1.82) is 0 Å². The van der Waals surface area contributed by atoms with E-state index in [2.05, 4.69) is 15.2 Å². The summed E-state index contributed by atoms with van der Waals surface area (Å²) in [7, 11) is 0. The average Bonchev–Trinajstić information content (AvgIpc) is 2.94. The van der Waals surface area contributed by atoms with E-state index in [9.17, 15) is 4.79 Å². The number of H-pyrrole nitrogens is 1. The molecule has 110 valence electrons. The van der Waals surface area contributed by atoms with Crippen LogP contribution in [-0.2, 0) is 4.79 Å². The topological polar surface area (TPSA) is 74.8 Å². The third-order valence-electron chi connectivity index (χ3n) is 4.04. The van der Waals surface area contributed by atoms with Crippen LogP contribution in [0.5, 0.6) is 0 Å². The second-order valence-electron chi connectivity index (χ2n) is 5.54. The average molecular weight is 285 g/mol. The minimum atomic E-state index is 0.134. The lowest BCUT2D eigenvalue weighted by Crippen LogP contribution is -2.37. The first-order valence-electron chi connectivity index (χ1n) is 7.23. The second kappa shape index (κ2) is 5.63. The van der Waals surface area contributed by atoms with Gasteiger partial charge < -0.3 is 4.90 Å². The molecule has 0 radical (unpaired) electrons. The molecule has 0 bridgehead atoms. The molecule has 1 fully saturated rings. The summed E-state index contributed by atoms with van der Waals surface area (Å²) >= 11 is 0. The van der Waals surface area contributed by atoms with E-state index in [0.29, 0.717) is 0 Å². The first-order chi connectivity index (χ1) is 10.1. The van der Waals surface area contributed by atoms with Crippen molar-refractivity contribution in [2.45, 2.75) is 32.6 Å². The lowest BCUT2D eigenvalue weighted by molar-refractivity contribution is -0.130. The highest BCUT2D eigenvalue weighted by atomic mass is 16.2. The van der Waals surface area contributed by atoms with Gasteiger partial charge in [0, 0.05) is 43.4 Å². The van der Waals surface area contributed by atoms with Crippen LogP contribution in [-0.4, -0.2) is 44.1 Å². The number of piperidine rings is 1. The Kier molecular flexibility index (Phi) is 3.68. The molecular formula is C15H19N5O. The number of rotatable bonds is 2. The molecule has 6 nitrogen and oxygen atoms in total. The third-order valence-corrected chi connectivity index (χ3v) is 4.04. The number of carbonyl (C=O) groups excluding carboxylic acids is 1. The number of carbonyl (C=O) groups is 1. The Morgan fingerprint density at radius 3 is 2.95 bits per heavy atom. The summed E-state index contributed by atoms with van der Waals surface area (Å²) in [5, 5.41) is 6.95. The van der Waals surface area contributed by atoms with Crippen LogP contribution in [0.4, 0.5) is 0 Å². The maximum Gasteiger partial charge on any atom is 0.219 e. The minimum Gasteiger partial charge on any atom is -0.342 e. The number of amides is 1. The third kappa shape index (κ3) is 2.79. The number of likely N-dealkylation sites (tertiary alicyclic amines) is 1. The Labute approximate surface area is 123 Å². The van der Waals surface area contributed by atoms with Gasteiger partial charge in [-0.3, -0.25) is 14.9 Å². The molecule has 0 aromatic carbocycles. The van der Waals surface area contributed by atoms with E-state index in [1.807, 2.05) is 18.0 Å². The van der Waals surface area contributed by atoms with Gasteiger partial charge in [0.15, 0.2) is 0 Å². The molecule has 1 aliphatic heterocycles. The molecule has 1 saturated heterocycles. The molecule has 3 heterocycles. The molecule has 1 unspecified atom stereocenters. The zero-order valence-corrected chi connectivity index (χ0v) is 12.3. The number of aromatic nitrogens is 4. The van der Waals surface area contributed by atoms with Gasteiger partial charge in [0.05, 0.1) is 23.8 Å². The lowest BCUT2D eigenvalue weighted by atomic mass is 9.95. The first kappa shape index (κ1) is 13.7. The molecule has 21 heavy (non-hydrogen) atoms. The Hall–Kier alpha value is -2.24. The van der Waals surface area contributed by atoms with Gasteiger partial charge >= 0.3 is 0 Å². The van der Waals surface area contributed by atoms with Gasteiger partial charge in [0.25, 0.3) is 0 Å². The highest BCUT2D eigenvalue weighted by molar-refractivity contribution is 5.73. The maximum atomic E-state index is 11.6. The van der Waals surface area contributed by atoms with Crippen molar-refractivity contribution >= 4 is 5.91 Å². The van der Waals surface area contributed by atoms with Crippen LogP contribution in [0.2, 0.25) is 0 Å². The summed E-state index contributed by atoms with van der Waals surface area (Å²) < 4.78 is 0. The number of aryl methyl sites for hydroxylation is 1. The van der Waals surface area contributed by atoms with Crippen molar-refractivity contribution in [1.82, 2.24) is 25.1 Å². The van der Waals surface area contributed by atoms with Gasteiger partial charge in [-0.25, -0.2) is 4.98 Å². The number of aromatic amines is 1. The molecule has 0 aliphatic carbocycles. The van der Waals surface area contributed by atoms with Crippen LogP contribution in [0, 0.1) is 6.92 Å². The molecule has 1 amide bonds. The molecular weight excluding hydrogens is 266 g/mol. The Morgan fingerprint density at radius 2 is 2.24 bits per heavy atom. The summed E-state index contributed by atoms with van der Waals surface area (Å²) in [5.74, 6) is 0.400. The zero-order valence-electron chi connectivity index (χ0n) is 12.3. The Balaban J connectivity index is 1.86. The minimum absolute atomic E-state index is 0.134. The number of nitrogens with one attached hydrogen (secondary N) is 1. The largest absolute Gasteiger partial charge is 0.342 e. The zero-order chi connectivity index (χ0) is 14.8. The van der Waals surface area contributed by atoms with Crippen molar-refractivity contribution < 1.29 is 4.79 Å². The van der Waals surface area contributed by atoms with Crippen molar-refractivity contribution in [3.63, 3.8) is 0 Å². The van der Waals surface area contributed by atoms with Crippen LogP contribution in [0.25, 0.3) is 11.3 Å². The molecule has 0 saturated carbocycles. The monoisotopic (exact) mass is 285 g/mol. The fourth-order valence-electron chi connectivity index (χ4n) is 2.82. The van der Waals surface area contributed by atoms with Crippen LogP contribution in [0.3, 0.4) is 0 Å². The predicted molar refractivity (Wildman–Crippen MR) is 78.6 cm³/mol. The van der Waals surface area contributed by atoms with E-state index < -0.39 is 0 Å². The number of nitrogens with zero attached hydrogens (tertiary/aromatic N) is 4.